The standard InChI is InChI=1S/C38H43ClN2O3/c1-26-30-19-22-41(25-35(27-8-4-2-5-9-27)31(30)14-16-36(26)42)21-6-3-7-23-44-29-12-10-28(11-13-29)34-24-40-20-18-33-32(34)15-17-37(43)38(33)39/h2,4-5,8-17,34-35,40,42-43H,3,6-7,18-25H2,1H3/t34-,35-/m1/s1. The summed E-state index contributed by atoms with van der Waals surface area (Å²) in [6.07, 6.45) is 5.05. The number of rotatable bonds is 9. The van der Waals surface area contributed by atoms with Crippen LogP contribution in [0.3, 0.4) is 0 Å². The highest BCUT2D eigenvalue weighted by Crippen LogP contribution is 2.38. The monoisotopic (exact) mass is 610 g/mol. The maximum atomic E-state index is 10.4. The van der Waals surface area contributed by atoms with Gasteiger partial charge in [-0.15, -0.1) is 0 Å². The lowest BCUT2D eigenvalue weighted by Gasteiger charge is -2.25. The first-order valence-electron chi connectivity index (χ1n) is 16.0. The number of hydrogen-bond acceptors (Lipinski definition) is 5. The van der Waals surface area contributed by atoms with Crippen LogP contribution in [0.4, 0.5) is 0 Å². The molecule has 0 saturated carbocycles. The minimum absolute atomic E-state index is 0.152. The number of halogens is 1. The van der Waals surface area contributed by atoms with Crippen LogP contribution in [-0.4, -0.2) is 54.4 Å². The summed E-state index contributed by atoms with van der Waals surface area (Å²) in [6, 6.07) is 27.0. The van der Waals surface area contributed by atoms with Crippen LogP contribution in [0.25, 0.3) is 0 Å². The van der Waals surface area contributed by atoms with E-state index in [9.17, 15) is 10.2 Å². The largest absolute Gasteiger partial charge is 0.508 e. The van der Waals surface area contributed by atoms with E-state index in [2.05, 4.69) is 77.8 Å². The van der Waals surface area contributed by atoms with Gasteiger partial charge in [-0.3, -0.25) is 0 Å². The quantitative estimate of drug-likeness (QED) is 0.171. The van der Waals surface area contributed by atoms with Crippen LogP contribution < -0.4 is 10.1 Å². The van der Waals surface area contributed by atoms with E-state index >= 15 is 0 Å². The average molecular weight is 611 g/mol. The van der Waals surface area contributed by atoms with Crippen molar-refractivity contribution in [2.75, 3.05) is 39.3 Å². The van der Waals surface area contributed by atoms with Crippen LogP contribution in [0.15, 0.2) is 78.9 Å². The van der Waals surface area contributed by atoms with Gasteiger partial charge in [0.05, 0.1) is 11.6 Å². The van der Waals surface area contributed by atoms with Gasteiger partial charge in [0.25, 0.3) is 0 Å². The number of unbranched alkanes of at least 4 members (excludes halogenated alkanes) is 2. The Morgan fingerprint density at radius 1 is 0.795 bits per heavy atom. The summed E-state index contributed by atoms with van der Waals surface area (Å²) in [5, 5.41) is 24.5. The van der Waals surface area contributed by atoms with Crippen molar-refractivity contribution in [1.29, 1.82) is 0 Å². The molecule has 5 nitrogen and oxygen atoms in total. The molecule has 0 saturated heterocycles. The molecule has 230 valence electrons. The van der Waals surface area contributed by atoms with Crippen LogP contribution in [0, 0.1) is 6.92 Å². The Morgan fingerprint density at radius 3 is 2.32 bits per heavy atom. The molecule has 3 N–H and O–H groups in total. The number of ether oxygens (including phenoxy) is 1. The molecule has 6 rings (SSSR count). The Morgan fingerprint density at radius 2 is 1.52 bits per heavy atom. The number of fused-ring (bicyclic) bond motifs is 2. The van der Waals surface area contributed by atoms with Gasteiger partial charge in [-0.1, -0.05) is 66.2 Å². The third kappa shape index (κ3) is 6.76. The Labute approximate surface area is 266 Å². The predicted molar refractivity (Wildman–Crippen MR) is 179 cm³/mol. The molecule has 0 spiro atoms. The number of benzene rings is 4. The predicted octanol–water partition coefficient (Wildman–Crippen LogP) is 7.58. The first kappa shape index (κ1) is 30.5. The topological polar surface area (TPSA) is 65.0 Å². The van der Waals surface area contributed by atoms with E-state index in [-0.39, 0.29) is 11.7 Å². The van der Waals surface area contributed by atoms with Crippen LogP contribution in [0.2, 0.25) is 5.02 Å². The molecule has 0 bridgehead atoms. The van der Waals surface area contributed by atoms with Gasteiger partial charge in [0.15, 0.2) is 0 Å². The molecule has 0 fully saturated rings. The fraction of sp³-hybridized carbons (Fsp3) is 0.368. The lowest BCUT2D eigenvalue weighted by molar-refractivity contribution is 0.260. The smallest absolute Gasteiger partial charge is 0.134 e. The molecule has 4 aromatic carbocycles. The normalized spacial score (nSPS) is 18.6. The molecule has 6 heteroatoms. The third-order valence-corrected chi connectivity index (χ3v) is 9.93. The van der Waals surface area contributed by atoms with Crippen molar-refractivity contribution in [3.8, 4) is 17.2 Å². The van der Waals surface area contributed by atoms with E-state index in [1.807, 2.05) is 12.1 Å². The molecule has 4 aromatic rings. The molecular formula is C38H43ClN2O3. The highest BCUT2D eigenvalue weighted by Gasteiger charge is 2.26. The van der Waals surface area contributed by atoms with Gasteiger partial charge in [-0.25, -0.2) is 0 Å². The summed E-state index contributed by atoms with van der Waals surface area (Å²) in [4.78, 5) is 2.60. The zero-order valence-corrected chi connectivity index (χ0v) is 26.3. The van der Waals surface area contributed by atoms with Crippen LogP contribution in [0.5, 0.6) is 17.2 Å². The Bertz CT molecular complexity index is 1560. The number of hydrogen-bond donors (Lipinski definition) is 3. The van der Waals surface area contributed by atoms with Crippen molar-refractivity contribution >= 4 is 11.6 Å². The van der Waals surface area contributed by atoms with Crippen LogP contribution in [-0.2, 0) is 12.8 Å². The zero-order valence-electron chi connectivity index (χ0n) is 25.6. The zero-order chi connectivity index (χ0) is 30.5. The highest BCUT2D eigenvalue weighted by molar-refractivity contribution is 6.32. The number of phenols is 2. The molecule has 2 aliphatic heterocycles. The van der Waals surface area contributed by atoms with Crippen molar-refractivity contribution in [3.63, 3.8) is 0 Å². The van der Waals surface area contributed by atoms with Gasteiger partial charge < -0.3 is 25.2 Å². The van der Waals surface area contributed by atoms with E-state index in [1.54, 1.807) is 6.07 Å². The molecule has 2 atom stereocenters. The van der Waals surface area contributed by atoms with Gasteiger partial charge in [0.1, 0.15) is 17.2 Å². The van der Waals surface area contributed by atoms with Gasteiger partial charge in [-0.05, 0) is 115 Å². The lowest BCUT2D eigenvalue weighted by Crippen LogP contribution is -2.30. The van der Waals surface area contributed by atoms with Crippen LogP contribution >= 0.6 is 11.6 Å². The molecule has 0 amide bonds. The summed E-state index contributed by atoms with van der Waals surface area (Å²) in [5.41, 5.74) is 8.47. The molecule has 0 radical (unpaired) electrons. The Balaban J connectivity index is 1.000. The lowest BCUT2D eigenvalue weighted by atomic mass is 9.86. The molecule has 0 unspecified atom stereocenters. The van der Waals surface area contributed by atoms with Crippen molar-refractivity contribution in [3.05, 3.63) is 123 Å². The SMILES string of the molecule is Cc1c(O)ccc2c1CCN(CCCCCOc1ccc([C@H]3CNCCc4c3ccc(O)c4Cl)cc1)C[C@@H]2c1ccccc1. The summed E-state index contributed by atoms with van der Waals surface area (Å²) in [5.74, 6) is 1.94. The molecule has 0 aliphatic carbocycles. The average Bonchev–Trinajstić information content (AvgIpc) is 3.38. The number of nitrogens with zero attached hydrogens (tertiary/aromatic N) is 1. The Kier molecular flexibility index (Phi) is 9.76. The van der Waals surface area contributed by atoms with Crippen molar-refractivity contribution in [2.45, 2.75) is 50.9 Å². The molecule has 0 aromatic heterocycles. The number of aromatic hydroxyl groups is 2. The van der Waals surface area contributed by atoms with Crippen LogP contribution in [0.1, 0.15) is 70.0 Å². The Hall–Kier alpha value is -3.51. The van der Waals surface area contributed by atoms with E-state index in [0.29, 0.717) is 23.3 Å². The molecular weight excluding hydrogens is 568 g/mol. The minimum atomic E-state index is 0.152. The van der Waals surface area contributed by atoms with E-state index in [4.69, 9.17) is 16.3 Å². The van der Waals surface area contributed by atoms with Gasteiger partial charge in [0.2, 0.25) is 0 Å². The highest BCUT2D eigenvalue weighted by atomic mass is 35.5. The van der Waals surface area contributed by atoms with Crippen molar-refractivity contribution < 1.29 is 14.9 Å². The van der Waals surface area contributed by atoms with Crippen molar-refractivity contribution in [2.24, 2.45) is 0 Å². The van der Waals surface area contributed by atoms with E-state index < -0.39 is 0 Å². The van der Waals surface area contributed by atoms with Gasteiger partial charge in [0, 0.05) is 31.5 Å². The van der Waals surface area contributed by atoms with Gasteiger partial charge in [-0.2, -0.15) is 0 Å². The fourth-order valence-corrected chi connectivity index (χ4v) is 7.25. The summed E-state index contributed by atoms with van der Waals surface area (Å²) in [7, 11) is 0. The van der Waals surface area contributed by atoms with Gasteiger partial charge >= 0.3 is 0 Å². The molecule has 44 heavy (non-hydrogen) atoms. The second-order valence-corrected chi connectivity index (χ2v) is 12.6. The summed E-state index contributed by atoms with van der Waals surface area (Å²) < 4.78 is 6.12. The second kappa shape index (κ2) is 14.1. The maximum absolute atomic E-state index is 10.4. The molecule has 2 aliphatic rings. The first-order chi connectivity index (χ1) is 21.5. The second-order valence-electron chi connectivity index (χ2n) is 12.2. The van der Waals surface area contributed by atoms with Crippen molar-refractivity contribution in [1.82, 2.24) is 10.2 Å². The minimum Gasteiger partial charge on any atom is -0.508 e. The van der Waals surface area contributed by atoms with E-state index in [1.165, 1.54) is 27.8 Å². The summed E-state index contributed by atoms with van der Waals surface area (Å²) >= 11 is 6.46. The third-order valence-electron chi connectivity index (χ3n) is 9.51. The summed E-state index contributed by atoms with van der Waals surface area (Å²) in [6.45, 7) is 7.52. The molecule has 2 heterocycles. The fourth-order valence-electron chi connectivity index (χ4n) is 6.99. The maximum Gasteiger partial charge on any atom is 0.134 e. The van der Waals surface area contributed by atoms with E-state index in [0.717, 1.165) is 81.7 Å². The first-order valence-corrected chi connectivity index (χ1v) is 16.4. The number of nitrogens with one attached hydrogen (secondary N) is 1. The number of phenolic OH excluding ortho intramolecular Hbond substituents is 2.